The number of hydrogen-bond donors (Lipinski definition) is 0. The number of benzene rings is 2. The van der Waals surface area contributed by atoms with E-state index in [0.717, 1.165) is 24.1 Å². The van der Waals surface area contributed by atoms with E-state index in [2.05, 4.69) is 38.1 Å². The Balaban J connectivity index is 1.66. The molecule has 0 aromatic heterocycles. The molecule has 0 radical (unpaired) electrons. The molecule has 1 fully saturated rings. The summed E-state index contributed by atoms with van der Waals surface area (Å²) in [6.45, 7) is 4.38. The highest BCUT2D eigenvalue weighted by atomic mass is 16.5. The van der Waals surface area contributed by atoms with E-state index < -0.39 is 0 Å². The molecular formula is C24H32O2. The monoisotopic (exact) mass is 352 g/mol. The van der Waals surface area contributed by atoms with Gasteiger partial charge in [-0.1, -0.05) is 57.4 Å². The largest absolute Gasteiger partial charge is 0.427 e. The van der Waals surface area contributed by atoms with Crippen LogP contribution in [0.4, 0.5) is 0 Å². The van der Waals surface area contributed by atoms with E-state index in [9.17, 15) is 4.79 Å². The van der Waals surface area contributed by atoms with Gasteiger partial charge in [0, 0.05) is 6.42 Å². The summed E-state index contributed by atoms with van der Waals surface area (Å²) in [5.41, 5.74) is 1.47. The van der Waals surface area contributed by atoms with E-state index in [4.69, 9.17) is 4.74 Å². The zero-order valence-electron chi connectivity index (χ0n) is 16.3. The van der Waals surface area contributed by atoms with Gasteiger partial charge in [0.2, 0.25) is 0 Å². The lowest BCUT2D eigenvalue weighted by molar-refractivity contribution is -0.134. The van der Waals surface area contributed by atoms with E-state index in [0.29, 0.717) is 18.1 Å². The first kappa shape index (κ1) is 18.9. The standard InChI is InChI=1S/C24H32O2/c1-3-5-7-24(25)26-23-15-14-21-16-20(12-13-22(21)17-23)19-10-8-18(6-4-2)9-11-19/h12-19H,3-11H2,1-2H3. The van der Waals surface area contributed by atoms with Crippen LogP contribution in [-0.2, 0) is 4.79 Å². The van der Waals surface area contributed by atoms with Gasteiger partial charge in [0.05, 0.1) is 0 Å². The second kappa shape index (κ2) is 9.21. The Labute approximate surface area is 157 Å². The number of carbonyl (C=O) groups is 1. The lowest BCUT2D eigenvalue weighted by Crippen LogP contribution is -2.13. The van der Waals surface area contributed by atoms with Gasteiger partial charge in [-0.05, 0) is 72.4 Å². The highest BCUT2D eigenvalue weighted by molar-refractivity contribution is 5.85. The maximum Gasteiger partial charge on any atom is 0.311 e. The van der Waals surface area contributed by atoms with Crippen LogP contribution in [0, 0.1) is 5.92 Å². The molecule has 0 aliphatic heterocycles. The average Bonchev–Trinajstić information content (AvgIpc) is 2.67. The quantitative estimate of drug-likeness (QED) is 0.396. The fourth-order valence-corrected chi connectivity index (χ4v) is 4.26. The van der Waals surface area contributed by atoms with Gasteiger partial charge < -0.3 is 4.74 Å². The van der Waals surface area contributed by atoms with Crippen molar-refractivity contribution in [3.05, 3.63) is 42.0 Å². The first-order valence-corrected chi connectivity index (χ1v) is 10.4. The molecule has 3 rings (SSSR count). The van der Waals surface area contributed by atoms with Gasteiger partial charge in [-0.3, -0.25) is 4.79 Å². The highest BCUT2D eigenvalue weighted by Crippen LogP contribution is 2.38. The van der Waals surface area contributed by atoms with Crippen LogP contribution >= 0.6 is 0 Å². The Hall–Kier alpha value is -1.83. The topological polar surface area (TPSA) is 26.3 Å². The second-order valence-electron chi connectivity index (χ2n) is 7.85. The summed E-state index contributed by atoms with van der Waals surface area (Å²) in [6.07, 6.45) is 10.5. The van der Waals surface area contributed by atoms with Crippen molar-refractivity contribution in [3.63, 3.8) is 0 Å². The molecule has 2 aromatic carbocycles. The van der Waals surface area contributed by atoms with Gasteiger partial charge in [-0.2, -0.15) is 0 Å². The molecule has 2 heteroatoms. The molecule has 1 aliphatic rings. The smallest absolute Gasteiger partial charge is 0.311 e. The number of ether oxygens (including phenoxy) is 1. The molecule has 26 heavy (non-hydrogen) atoms. The van der Waals surface area contributed by atoms with Gasteiger partial charge in [0.1, 0.15) is 5.75 Å². The summed E-state index contributed by atoms with van der Waals surface area (Å²) in [5.74, 6) is 2.18. The Morgan fingerprint density at radius 1 is 0.962 bits per heavy atom. The zero-order valence-corrected chi connectivity index (χ0v) is 16.3. The van der Waals surface area contributed by atoms with Crippen LogP contribution in [0.3, 0.4) is 0 Å². The second-order valence-corrected chi connectivity index (χ2v) is 7.85. The predicted molar refractivity (Wildman–Crippen MR) is 109 cm³/mol. The van der Waals surface area contributed by atoms with Crippen LogP contribution in [-0.4, -0.2) is 5.97 Å². The van der Waals surface area contributed by atoms with Gasteiger partial charge in [-0.25, -0.2) is 0 Å². The fraction of sp³-hybridized carbons (Fsp3) is 0.542. The predicted octanol–water partition coefficient (Wildman–Crippen LogP) is 7.01. The minimum absolute atomic E-state index is 0.133. The van der Waals surface area contributed by atoms with Gasteiger partial charge >= 0.3 is 5.97 Å². The molecule has 0 bridgehead atoms. The molecule has 0 amide bonds. The summed E-state index contributed by atoms with van der Waals surface area (Å²) >= 11 is 0. The molecule has 2 nitrogen and oxygen atoms in total. The van der Waals surface area contributed by atoms with E-state index in [1.54, 1.807) is 0 Å². The SMILES string of the molecule is CCCCC(=O)Oc1ccc2cc(C3CCC(CCC)CC3)ccc2c1. The summed E-state index contributed by atoms with van der Waals surface area (Å²) in [7, 11) is 0. The van der Waals surface area contributed by atoms with Crippen molar-refractivity contribution in [2.75, 3.05) is 0 Å². The molecule has 0 N–H and O–H groups in total. The van der Waals surface area contributed by atoms with Gasteiger partial charge in [0.25, 0.3) is 0 Å². The molecule has 140 valence electrons. The average molecular weight is 353 g/mol. The van der Waals surface area contributed by atoms with E-state index in [1.807, 2.05) is 12.1 Å². The van der Waals surface area contributed by atoms with Crippen LogP contribution in [0.5, 0.6) is 5.75 Å². The summed E-state index contributed by atoms with van der Waals surface area (Å²) < 4.78 is 5.47. The first-order chi connectivity index (χ1) is 12.7. The Kier molecular flexibility index (Phi) is 6.71. The number of hydrogen-bond acceptors (Lipinski definition) is 2. The van der Waals surface area contributed by atoms with Crippen LogP contribution in [0.15, 0.2) is 36.4 Å². The number of fused-ring (bicyclic) bond motifs is 1. The Morgan fingerprint density at radius 2 is 1.69 bits per heavy atom. The maximum atomic E-state index is 11.8. The third-order valence-corrected chi connectivity index (χ3v) is 5.82. The van der Waals surface area contributed by atoms with Crippen molar-refractivity contribution >= 4 is 16.7 Å². The molecular weight excluding hydrogens is 320 g/mol. The lowest BCUT2D eigenvalue weighted by atomic mass is 9.77. The van der Waals surface area contributed by atoms with Crippen molar-refractivity contribution in [1.82, 2.24) is 0 Å². The number of rotatable bonds is 7. The first-order valence-electron chi connectivity index (χ1n) is 10.4. The normalized spacial score (nSPS) is 20.2. The Bertz CT molecular complexity index is 726. The number of unbranched alkanes of at least 4 members (excludes halogenated alkanes) is 1. The molecule has 0 saturated heterocycles. The van der Waals surface area contributed by atoms with E-state index >= 15 is 0 Å². The van der Waals surface area contributed by atoms with E-state index in [1.165, 1.54) is 49.5 Å². The van der Waals surface area contributed by atoms with Crippen LogP contribution in [0.1, 0.15) is 83.1 Å². The van der Waals surface area contributed by atoms with Crippen molar-refractivity contribution in [2.24, 2.45) is 5.92 Å². The molecule has 0 heterocycles. The fourth-order valence-electron chi connectivity index (χ4n) is 4.26. The number of esters is 1. The summed E-state index contributed by atoms with van der Waals surface area (Å²) in [5, 5.41) is 2.39. The zero-order chi connectivity index (χ0) is 18.4. The van der Waals surface area contributed by atoms with Crippen molar-refractivity contribution < 1.29 is 9.53 Å². The highest BCUT2D eigenvalue weighted by Gasteiger charge is 2.21. The maximum absolute atomic E-state index is 11.8. The van der Waals surface area contributed by atoms with Crippen LogP contribution < -0.4 is 4.74 Å². The lowest BCUT2D eigenvalue weighted by Gasteiger charge is -2.28. The Morgan fingerprint density at radius 3 is 2.42 bits per heavy atom. The van der Waals surface area contributed by atoms with Crippen LogP contribution in [0.2, 0.25) is 0 Å². The molecule has 0 atom stereocenters. The molecule has 1 aliphatic carbocycles. The van der Waals surface area contributed by atoms with Crippen molar-refractivity contribution in [3.8, 4) is 5.75 Å². The van der Waals surface area contributed by atoms with Crippen molar-refractivity contribution in [1.29, 1.82) is 0 Å². The summed E-state index contributed by atoms with van der Waals surface area (Å²) in [4.78, 5) is 11.8. The minimum Gasteiger partial charge on any atom is -0.427 e. The van der Waals surface area contributed by atoms with Gasteiger partial charge in [-0.15, -0.1) is 0 Å². The van der Waals surface area contributed by atoms with Crippen LogP contribution in [0.25, 0.3) is 10.8 Å². The minimum atomic E-state index is -0.133. The van der Waals surface area contributed by atoms with E-state index in [-0.39, 0.29) is 5.97 Å². The molecule has 0 unspecified atom stereocenters. The van der Waals surface area contributed by atoms with Gasteiger partial charge in [0.15, 0.2) is 0 Å². The number of carbonyl (C=O) groups excluding carboxylic acids is 1. The molecule has 2 aromatic rings. The summed E-state index contributed by atoms with van der Waals surface area (Å²) in [6, 6.07) is 12.8. The third-order valence-electron chi connectivity index (χ3n) is 5.82. The van der Waals surface area contributed by atoms with Crippen molar-refractivity contribution in [2.45, 2.75) is 77.6 Å². The molecule has 0 spiro atoms. The third kappa shape index (κ3) is 4.87. The molecule has 1 saturated carbocycles.